The Hall–Kier alpha value is -3.97. The van der Waals surface area contributed by atoms with Gasteiger partial charge in [0.25, 0.3) is 0 Å². The standard InChI is InChI=1S/C30H37N7/c1-20-7-8-24(25-15-27(18-32-17-25)34-21(2)23-9-10-23)16-28(20)30(31)22(3)35-26-11-12-29(33-19-26)37(6)14-13-36(4)5/h7-8,11-12,15-19,23,31,34-35H,2-3,9-10,13-14H2,1,4-6H3. The summed E-state index contributed by atoms with van der Waals surface area (Å²) < 4.78 is 0. The molecule has 1 fully saturated rings. The van der Waals surface area contributed by atoms with Gasteiger partial charge in [0.05, 0.1) is 35.2 Å². The topological polar surface area (TPSA) is 80.2 Å². The van der Waals surface area contributed by atoms with Crippen LogP contribution >= 0.6 is 0 Å². The summed E-state index contributed by atoms with van der Waals surface area (Å²) in [4.78, 5) is 13.3. The van der Waals surface area contributed by atoms with Gasteiger partial charge in [-0.25, -0.2) is 4.98 Å². The molecule has 0 saturated heterocycles. The van der Waals surface area contributed by atoms with Crippen LogP contribution in [0.4, 0.5) is 17.2 Å². The van der Waals surface area contributed by atoms with Crippen molar-refractivity contribution < 1.29 is 0 Å². The van der Waals surface area contributed by atoms with Gasteiger partial charge in [-0.15, -0.1) is 0 Å². The summed E-state index contributed by atoms with van der Waals surface area (Å²) in [6, 6.07) is 12.2. The highest BCUT2D eigenvalue weighted by Gasteiger charge is 2.24. The Labute approximate surface area is 220 Å². The highest BCUT2D eigenvalue weighted by atomic mass is 15.2. The average molecular weight is 496 g/mol. The van der Waals surface area contributed by atoms with E-state index in [1.807, 2.05) is 50.6 Å². The Morgan fingerprint density at radius 2 is 1.73 bits per heavy atom. The molecule has 2 heterocycles. The maximum absolute atomic E-state index is 8.84. The van der Waals surface area contributed by atoms with Crippen LogP contribution in [-0.2, 0) is 0 Å². The minimum atomic E-state index is 0.343. The second-order valence-electron chi connectivity index (χ2n) is 10.0. The van der Waals surface area contributed by atoms with Crippen LogP contribution in [0.25, 0.3) is 11.1 Å². The zero-order chi connectivity index (χ0) is 26.5. The summed E-state index contributed by atoms with van der Waals surface area (Å²) in [6.45, 7) is 12.1. The molecule has 1 aromatic carbocycles. The normalized spacial score (nSPS) is 12.8. The van der Waals surface area contributed by atoms with Crippen molar-refractivity contribution in [2.45, 2.75) is 19.8 Å². The Morgan fingerprint density at radius 3 is 2.41 bits per heavy atom. The van der Waals surface area contributed by atoms with Gasteiger partial charge in [-0.3, -0.25) is 10.4 Å². The van der Waals surface area contributed by atoms with Crippen LogP contribution in [-0.4, -0.2) is 54.8 Å². The minimum Gasteiger partial charge on any atom is -0.358 e. The first-order valence-electron chi connectivity index (χ1n) is 12.6. The fourth-order valence-electron chi connectivity index (χ4n) is 4.01. The fraction of sp³-hybridized carbons (Fsp3) is 0.300. The maximum Gasteiger partial charge on any atom is 0.128 e. The number of nitrogens with zero attached hydrogens (tertiary/aromatic N) is 4. The summed E-state index contributed by atoms with van der Waals surface area (Å²) in [5.41, 5.74) is 7.46. The molecule has 0 radical (unpaired) electrons. The van der Waals surface area contributed by atoms with Gasteiger partial charge in [0, 0.05) is 43.2 Å². The van der Waals surface area contributed by atoms with Crippen molar-refractivity contribution in [2.75, 3.05) is 49.8 Å². The number of pyridine rings is 2. The van der Waals surface area contributed by atoms with Gasteiger partial charge in [0.1, 0.15) is 5.82 Å². The van der Waals surface area contributed by atoms with Crippen molar-refractivity contribution >= 4 is 22.9 Å². The lowest BCUT2D eigenvalue weighted by molar-refractivity contribution is 0.416. The number of anilines is 3. The van der Waals surface area contributed by atoms with Gasteiger partial charge < -0.3 is 20.4 Å². The smallest absolute Gasteiger partial charge is 0.128 e. The van der Waals surface area contributed by atoms with Crippen LogP contribution < -0.4 is 15.5 Å². The molecule has 3 aromatic rings. The van der Waals surface area contributed by atoms with Crippen molar-refractivity contribution in [1.82, 2.24) is 14.9 Å². The Morgan fingerprint density at radius 1 is 0.946 bits per heavy atom. The van der Waals surface area contributed by atoms with E-state index >= 15 is 0 Å². The van der Waals surface area contributed by atoms with E-state index in [-0.39, 0.29) is 0 Å². The van der Waals surface area contributed by atoms with Gasteiger partial charge >= 0.3 is 0 Å². The van der Waals surface area contributed by atoms with Gasteiger partial charge in [-0.1, -0.05) is 25.3 Å². The first-order chi connectivity index (χ1) is 17.7. The van der Waals surface area contributed by atoms with Gasteiger partial charge in [0.15, 0.2) is 0 Å². The van der Waals surface area contributed by atoms with Crippen LogP contribution in [0.15, 0.2) is 79.5 Å². The van der Waals surface area contributed by atoms with E-state index in [0.717, 1.165) is 58.2 Å². The van der Waals surface area contributed by atoms with Crippen molar-refractivity contribution in [3.05, 3.63) is 90.7 Å². The predicted octanol–water partition coefficient (Wildman–Crippen LogP) is 5.78. The number of benzene rings is 1. The van der Waals surface area contributed by atoms with Gasteiger partial charge in [0.2, 0.25) is 0 Å². The molecule has 1 aliphatic rings. The number of hydrogen-bond acceptors (Lipinski definition) is 7. The van der Waals surface area contributed by atoms with Crippen molar-refractivity contribution in [3.63, 3.8) is 0 Å². The average Bonchev–Trinajstić information content (AvgIpc) is 3.73. The number of aromatic nitrogens is 2. The third-order valence-electron chi connectivity index (χ3n) is 6.57. The minimum absolute atomic E-state index is 0.343. The van der Waals surface area contributed by atoms with Crippen molar-refractivity contribution in [2.24, 2.45) is 5.92 Å². The Kier molecular flexibility index (Phi) is 8.04. The quantitative estimate of drug-likeness (QED) is 0.277. The molecule has 0 atom stereocenters. The molecule has 1 aliphatic carbocycles. The van der Waals surface area contributed by atoms with E-state index in [4.69, 9.17) is 5.41 Å². The molecular weight excluding hydrogens is 458 g/mol. The molecule has 192 valence electrons. The Bertz CT molecular complexity index is 1290. The number of allylic oxidation sites excluding steroid dienone is 2. The van der Waals surface area contributed by atoms with E-state index in [9.17, 15) is 0 Å². The third-order valence-corrected chi connectivity index (χ3v) is 6.57. The van der Waals surface area contributed by atoms with Crippen molar-refractivity contribution in [1.29, 1.82) is 5.41 Å². The molecule has 37 heavy (non-hydrogen) atoms. The summed E-state index contributed by atoms with van der Waals surface area (Å²) in [5.74, 6) is 1.48. The zero-order valence-corrected chi connectivity index (χ0v) is 22.3. The lowest BCUT2D eigenvalue weighted by Crippen LogP contribution is -2.28. The first kappa shape index (κ1) is 26.1. The molecule has 0 spiro atoms. The number of hydrogen-bond donors (Lipinski definition) is 3. The number of rotatable bonds is 12. The molecule has 0 unspecified atom stereocenters. The molecule has 7 nitrogen and oxygen atoms in total. The summed E-state index contributed by atoms with van der Waals surface area (Å²) in [7, 11) is 6.16. The molecule has 3 N–H and O–H groups in total. The summed E-state index contributed by atoms with van der Waals surface area (Å²) in [5, 5.41) is 15.5. The number of nitrogens with one attached hydrogen (secondary N) is 3. The Balaban J connectivity index is 1.45. The second-order valence-corrected chi connectivity index (χ2v) is 10.0. The number of likely N-dealkylation sites (N-methyl/N-ethyl adjacent to an activating group) is 2. The SMILES string of the molecule is C=C(Nc1ccc(N(C)CCN(C)C)nc1)C(=N)c1cc(-c2cncc(NC(=C)C3CC3)c2)ccc1C. The van der Waals surface area contributed by atoms with E-state index in [0.29, 0.717) is 17.3 Å². The molecule has 0 amide bonds. The van der Waals surface area contributed by atoms with Crippen LogP contribution in [0, 0.1) is 18.3 Å². The van der Waals surface area contributed by atoms with E-state index in [1.165, 1.54) is 12.8 Å². The molecule has 1 saturated carbocycles. The van der Waals surface area contributed by atoms with Gasteiger partial charge in [-0.05, 0) is 75.2 Å². The molecule has 4 rings (SSSR count). The maximum atomic E-state index is 8.84. The monoisotopic (exact) mass is 495 g/mol. The zero-order valence-electron chi connectivity index (χ0n) is 22.3. The second kappa shape index (κ2) is 11.4. The first-order valence-corrected chi connectivity index (χ1v) is 12.6. The predicted molar refractivity (Wildman–Crippen MR) is 156 cm³/mol. The van der Waals surface area contributed by atoms with E-state index in [2.05, 4.69) is 69.8 Å². The van der Waals surface area contributed by atoms with E-state index < -0.39 is 0 Å². The molecule has 7 heteroatoms. The summed E-state index contributed by atoms with van der Waals surface area (Å²) in [6.07, 6.45) is 7.85. The molecule has 2 aromatic heterocycles. The van der Waals surface area contributed by atoms with Crippen molar-refractivity contribution in [3.8, 4) is 11.1 Å². The highest BCUT2D eigenvalue weighted by Crippen LogP contribution is 2.36. The van der Waals surface area contributed by atoms with Crippen LogP contribution in [0.1, 0.15) is 24.0 Å². The molecule has 0 bridgehead atoms. The van der Waals surface area contributed by atoms with Gasteiger partial charge in [-0.2, -0.15) is 0 Å². The molecular formula is C30H37N7. The third kappa shape index (κ3) is 6.83. The lowest BCUT2D eigenvalue weighted by Gasteiger charge is -2.21. The van der Waals surface area contributed by atoms with Crippen LogP contribution in [0.5, 0.6) is 0 Å². The fourth-order valence-corrected chi connectivity index (χ4v) is 4.01. The molecule has 0 aliphatic heterocycles. The van der Waals surface area contributed by atoms with Crippen LogP contribution in [0.3, 0.4) is 0 Å². The number of aryl methyl sites for hydroxylation is 1. The van der Waals surface area contributed by atoms with Crippen LogP contribution in [0.2, 0.25) is 0 Å². The lowest BCUT2D eigenvalue weighted by atomic mass is 9.96. The van der Waals surface area contributed by atoms with E-state index in [1.54, 1.807) is 6.20 Å². The summed E-state index contributed by atoms with van der Waals surface area (Å²) >= 11 is 0. The highest BCUT2D eigenvalue weighted by molar-refractivity contribution is 6.13. The largest absolute Gasteiger partial charge is 0.358 e.